The number of likely N-dealkylation sites (N-methyl/N-ethyl adjacent to an activating group) is 1. The van der Waals surface area contributed by atoms with E-state index in [1.54, 1.807) is 6.33 Å². The van der Waals surface area contributed by atoms with Gasteiger partial charge in [0.05, 0.1) is 0 Å². The number of H-pyrrole nitrogens is 1. The van der Waals surface area contributed by atoms with Crippen LogP contribution in [0.2, 0.25) is 0 Å². The Morgan fingerprint density at radius 1 is 1.47 bits per heavy atom. The molecule has 3 heterocycles. The summed E-state index contributed by atoms with van der Waals surface area (Å²) in [6.45, 7) is 4.37. The minimum absolute atomic E-state index is 0.596. The first-order valence-electron chi connectivity index (χ1n) is 5.91. The minimum atomic E-state index is 0.596. The molecule has 0 saturated heterocycles. The maximum absolute atomic E-state index is 4.23. The maximum atomic E-state index is 4.23. The fraction of sp³-hybridized carbons (Fsp3) is 0.385. The molecule has 3 rings (SSSR count). The number of rotatable bonds is 1. The summed E-state index contributed by atoms with van der Waals surface area (Å²) >= 11 is 0. The number of nitrogens with one attached hydrogen (secondary N) is 1. The van der Waals surface area contributed by atoms with Crippen molar-refractivity contribution in [2.24, 2.45) is 5.92 Å². The van der Waals surface area contributed by atoms with Crippen LogP contribution in [0.15, 0.2) is 24.8 Å². The summed E-state index contributed by atoms with van der Waals surface area (Å²) in [4.78, 5) is 13.9. The van der Waals surface area contributed by atoms with Crippen molar-refractivity contribution in [3.05, 3.63) is 30.4 Å². The van der Waals surface area contributed by atoms with Crippen LogP contribution in [0.5, 0.6) is 0 Å². The summed E-state index contributed by atoms with van der Waals surface area (Å²) in [7, 11) is 2.16. The topological polar surface area (TPSA) is 44.8 Å². The fourth-order valence-electron chi connectivity index (χ4n) is 2.60. The van der Waals surface area contributed by atoms with E-state index in [1.165, 1.54) is 11.1 Å². The third-order valence-corrected chi connectivity index (χ3v) is 3.23. The van der Waals surface area contributed by atoms with Gasteiger partial charge in [-0.2, -0.15) is 0 Å². The number of aromatic nitrogens is 3. The molecule has 0 aliphatic carbocycles. The number of hydrogen-bond donors (Lipinski definition) is 1. The Labute approximate surface area is 100 Å². The van der Waals surface area contributed by atoms with Gasteiger partial charge in [0.1, 0.15) is 12.0 Å². The van der Waals surface area contributed by atoms with E-state index in [2.05, 4.69) is 39.9 Å². The predicted octanol–water partition coefficient (Wildman–Crippen LogP) is 1.92. The molecule has 0 amide bonds. The lowest BCUT2D eigenvalue weighted by molar-refractivity contribution is 0.330. The van der Waals surface area contributed by atoms with Gasteiger partial charge in [-0.3, -0.25) is 0 Å². The average Bonchev–Trinajstić information content (AvgIpc) is 2.71. The number of hydrogen-bond acceptors (Lipinski definition) is 3. The lowest BCUT2D eigenvalue weighted by Crippen LogP contribution is -2.29. The van der Waals surface area contributed by atoms with E-state index in [9.17, 15) is 0 Å². The van der Waals surface area contributed by atoms with Crippen LogP contribution >= 0.6 is 0 Å². The van der Waals surface area contributed by atoms with E-state index >= 15 is 0 Å². The number of nitrogens with zero attached hydrogens (tertiary/aromatic N) is 3. The molecule has 1 atom stereocenters. The van der Waals surface area contributed by atoms with Gasteiger partial charge >= 0.3 is 0 Å². The first kappa shape index (κ1) is 10.5. The van der Waals surface area contributed by atoms with E-state index in [0.717, 1.165) is 24.1 Å². The van der Waals surface area contributed by atoms with Crippen molar-refractivity contribution in [1.29, 1.82) is 0 Å². The van der Waals surface area contributed by atoms with Crippen LogP contribution in [0.25, 0.3) is 16.6 Å². The Hall–Kier alpha value is -1.68. The smallest absolute Gasteiger partial charge is 0.141 e. The van der Waals surface area contributed by atoms with Gasteiger partial charge in [0.15, 0.2) is 0 Å². The first-order chi connectivity index (χ1) is 8.24. The van der Waals surface area contributed by atoms with Crippen LogP contribution in [-0.2, 0) is 0 Å². The Kier molecular flexibility index (Phi) is 2.44. The average molecular weight is 228 g/mol. The van der Waals surface area contributed by atoms with Crippen molar-refractivity contribution in [3.8, 4) is 0 Å². The third-order valence-electron chi connectivity index (χ3n) is 3.23. The second-order valence-corrected chi connectivity index (χ2v) is 4.85. The van der Waals surface area contributed by atoms with Gasteiger partial charge in [0.25, 0.3) is 0 Å². The van der Waals surface area contributed by atoms with E-state index in [1.807, 2.05) is 12.4 Å². The van der Waals surface area contributed by atoms with Gasteiger partial charge < -0.3 is 9.88 Å². The van der Waals surface area contributed by atoms with E-state index in [0.29, 0.717) is 5.92 Å². The van der Waals surface area contributed by atoms with Crippen molar-refractivity contribution in [3.63, 3.8) is 0 Å². The molecule has 1 aliphatic heterocycles. The van der Waals surface area contributed by atoms with Crippen LogP contribution in [0.1, 0.15) is 12.5 Å². The summed E-state index contributed by atoms with van der Waals surface area (Å²) in [6.07, 6.45) is 7.85. The van der Waals surface area contributed by atoms with Gasteiger partial charge in [0, 0.05) is 36.4 Å². The highest BCUT2D eigenvalue weighted by Gasteiger charge is 2.17. The zero-order valence-electron chi connectivity index (χ0n) is 10.1. The minimum Gasteiger partial charge on any atom is -0.345 e. The molecule has 1 aliphatic rings. The van der Waals surface area contributed by atoms with E-state index < -0.39 is 0 Å². The van der Waals surface area contributed by atoms with Crippen LogP contribution in [-0.4, -0.2) is 40.0 Å². The van der Waals surface area contributed by atoms with Crippen molar-refractivity contribution >= 4 is 16.6 Å². The lowest BCUT2D eigenvalue weighted by Gasteiger charge is -2.27. The third kappa shape index (κ3) is 1.85. The normalized spacial score (nSPS) is 21.8. The first-order valence-corrected chi connectivity index (χ1v) is 5.91. The monoisotopic (exact) mass is 228 g/mol. The van der Waals surface area contributed by atoms with Gasteiger partial charge in [-0.05, 0) is 18.5 Å². The zero-order valence-corrected chi connectivity index (χ0v) is 10.1. The Balaban J connectivity index is 2.09. The van der Waals surface area contributed by atoms with Crippen LogP contribution < -0.4 is 0 Å². The molecular weight excluding hydrogens is 212 g/mol. The predicted molar refractivity (Wildman–Crippen MR) is 68.5 cm³/mol. The molecule has 4 heteroatoms. The molecule has 2 aromatic heterocycles. The quantitative estimate of drug-likeness (QED) is 0.811. The Morgan fingerprint density at radius 2 is 2.35 bits per heavy atom. The van der Waals surface area contributed by atoms with Crippen molar-refractivity contribution < 1.29 is 0 Å². The lowest BCUT2D eigenvalue weighted by atomic mass is 9.97. The molecule has 17 heavy (non-hydrogen) atoms. The Bertz CT molecular complexity index is 570. The summed E-state index contributed by atoms with van der Waals surface area (Å²) < 4.78 is 0. The summed E-state index contributed by atoms with van der Waals surface area (Å²) in [5.41, 5.74) is 3.52. The SMILES string of the molecule is CC1C=C(c2c[nH]c3ncncc23)CN(C)C1. The molecule has 0 saturated carbocycles. The molecule has 1 N–H and O–H groups in total. The highest BCUT2D eigenvalue weighted by molar-refractivity contribution is 5.90. The molecule has 88 valence electrons. The van der Waals surface area contributed by atoms with Crippen molar-refractivity contribution in [1.82, 2.24) is 19.9 Å². The Morgan fingerprint density at radius 3 is 3.18 bits per heavy atom. The largest absolute Gasteiger partial charge is 0.345 e. The van der Waals surface area contributed by atoms with Crippen molar-refractivity contribution in [2.75, 3.05) is 20.1 Å². The van der Waals surface area contributed by atoms with Gasteiger partial charge in [-0.15, -0.1) is 0 Å². The van der Waals surface area contributed by atoms with Gasteiger partial charge in [-0.25, -0.2) is 9.97 Å². The highest BCUT2D eigenvalue weighted by atomic mass is 15.1. The fourth-order valence-corrected chi connectivity index (χ4v) is 2.60. The second-order valence-electron chi connectivity index (χ2n) is 4.85. The highest BCUT2D eigenvalue weighted by Crippen LogP contribution is 2.27. The molecule has 0 spiro atoms. The molecular formula is C13H16N4. The van der Waals surface area contributed by atoms with Crippen LogP contribution in [0, 0.1) is 5.92 Å². The summed E-state index contributed by atoms with van der Waals surface area (Å²) in [6, 6.07) is 0. The molecule has 0 bridgehead atoms. The standard InChI is InChI=1S/C13H16N4/c1-9-3-10(7-17(2)6-9)11-5-15-13-12(11)4-14-8-16-13/h3-5,8-9H,6-7H2,1-2H3,(H,14,15,16). The van der Waals surface area contributed by atoms with E-state index in [4.69, 9.17) is 0 Å². The summed E-state index contributed by atoms with van der Waals surface area (Å²) in [5, 5.41) is 1.11. The number of fused-ring (bicyclic) bond motifs is 1. The second kappa shape index (κ2) is 3.96. The van der Waals surface area contributed by atoms with E-state index in [-0.39, 0.29) is 0 Å². The van der Waals surface area contributed by atoms with Crippen LogP contribution in [0.3, 0.4) is 0 Å². The molecule has 0 aromatic carbocycles. The van der Waals surface area contributed by atoms with Gasteiger partial charge in [-0.1, -0.05) is 13.0 Å². The van der Waals surface area contributed by atoms with Crippen molar-refractivity contribution in [2.45, 2.75) is 6.92 Å². The molecule has 1 unspecified atom stereocenters. The zero-order chi connectivity index (χ0) is 11.8. The van der Waals surface area contributed by atoms with Gasteiger partial charge in [0.2, 0.25) is 0 Å². The van der Waals surface area contributed by atoms with Crippen LogP contribution in [0.4, 0.5) is 0 Å². The molecule has 2 aromatic rings. The summed E-state index contributed by atoms with van der Waals surface area (Å²) in [5.74, 6) is 0.596. The maximum Gasteiger partial charge on any atom is 0.141 e. The molecule has 4 nitrogen and oxygen atoms in total. The molecule has 0 radical (unpaired) electrons. The number of aromatic amines is 1. The molecule has 0 fully saturated rings.